The Morgan fingerprint density at radius 1 is 1.53 bits per heavy atom. The van der Waals surface area contributed by atoms with E-state index in [0.29, 0.717) is 9.90 Å². The lowest BCUT2D eigenvalue weighted by Gasteiger charge is -2.02. The van der Waals surface area contributed by atoms with Gasteiger partial charge in [0.25, 0.3) is 11.6 Å². The van der Waals surface area contributed by atoms with Gasteiger partial charge >= 0.3 is 0 Å². The van der Waals surface area contributed by atoms with Gasteiger partial charge in [0.2, 0.25) is 0 Å². The van der Waals surface area contributed by atoms with Crippen molar-refractivity contribution in [3.63, 3.8) is 0 Å². The first kappa shape index (κ1) is 11.7. The summed E-state index contributed by atoms with van der Waals surface area (Å²) in [6.07, 6.45) is 0. The van der Waals surface area contributed by atoms with Crippen LogP contribution in [0, 0.1) is 10.1 Å². The van der Waals surface area contributed by atoms with Crippen molar-refractivity contribution in [3.8, 4) is 5.88 Å². The molecule has 1 heterocycles. The Balaban J connectivity index is 2.07. The van der Waals surface area contributed by atoms with Gasteiger partial charge in [-0.3, -0.25) is 10.1 Å². The van der Waals surface area contributed by atoms with E-state index in [-0.39, 0.29) is 18.2 Å². The number of nitro benzene ring substituents is 1. The standard InChI is InChI=1S/C9H6ClN3O3S/c10-8-9(11-12-17-8)16-5-6-2-1-3-7(4-6)13(14)15/h1-4H,5H2. The molecule has 0 aliphatic rings. The molecule has 0 unspecified atom stereocenters. The number of benzene rings is 1. The molecule has 1 aromatic carbocycles. The Morgan fingerprint density at radius 3 is 3.00 bits per heavy atom. The van der Waals surface area contributed by atoms with Crippen molar-refractivity contribution in [3.05, 3.63) is 44.3 Å². The Bertz CT molecular complexity index is 546. The van der Waals surface area contributed by atoms with Crippen LogP contribution in [0.15, 0.2) is 24.3 Å². The van der Waals surface area contributed by atoms with E-state index in [1.165, 1.54) is 12.1 Å². The molecule has 2 rings (SSSR count). The molecule has 0 N–H and O–H groups in total. The number of halogens is 1. The van der Waals surface area contributed by atoms with Gasteiger partial charge < -0.3 is 4.74 Å². The van der Waals surface area contributed by atoms with Gasteiger partial charge in [-0.2, -0.15) is 0 Å². The predicted molar refractivity (Wildman–Crippen MR) is 62.3 cm³/mol. The molecule has 88 valence electrons. The van der Waals surface area contributed by atoms with Crippen molar-refractivity contribution < 1.29 is 9.66 Å². The van der Waals surface area contributed by atoms with Gasteiger partial charge in [-0.25, -0.2) is 0 Å². The van der Waals surface area contributed by atoms with Gasteiger partial charge in [-0.05, 0) is 5.56 Å². The minimum absolute atomic E-state index is 0.0219. The first-order valence-corrected chi connectivity index (χ1v) is 5.66. The minimum Gasteiger partial charge on any atom is -0.470 e. The third-order valence-corrected chi connectivity index (χ3v) is 2.78. The van der Waals surface area contributed by atoms with Gasteiger partial charge in [-0.15, -0.1) is 0 Å². The minimum atomic E-state index is -0.457. The van der Waals surface area contributed by atoms with E-state index in [2.05, 4.69) is 9.59 Å². The quantitative estimate of drug-likeness (QED) is 0.631. The molecule has 0 bridgehead atoms. The van der Waals surface area contributed by atoms with E-state index in [0.717, 1.165) is 11.5 Å². The second-order valence-corrected chi connectivity index (χ2v) is 4.42. The van der Waals surface area contributed by atoms with Crippen molar-refractivity contribution in [2.75, 3.05) is 0 Å². The van der Waals surface area contributed by atoms with Gasteiger partial charge in [0.1, 0.15) is 6.61 Å². The summed E-state index contributed by atoms with van der Waals surface area (Å²) < 4.78 is 9.24. The zero-order valence-corrected chi connectivity index (χ0v) is 9.94. The normalized spacial score (nSPS) is 10.2. The molecule has 0 atom stereocenters. The van der Waals surface area contributed by atoms with Crippen LogP contribution in [0.2, 0.25) is 4.34 Å². The van der Waals surface area contributed by atoms with E-state index >= 15 is 0 Å². The predicted octanol–water partition coefficient (Wildman–Crippen LogP) is 2.68. The third kappa shape index (κ3) is 2.89. The van der Waals surface area contributed by atoms with E-state index in [4.69, 9.17) is 16.3 Å². The fourth-order valence-corrected chi connectivity index (χ4v) is 1.72. The van der Waals surface area contributed by atoms with Crippen LogP contribution in [0.1, 0.15) is 5.56 Å². The monoisotopic (exact) mass is 271 g/mol. The van der Waals surface area contributed by atoms with Crippen molar-refractivity contribution in [1.29, 1.82) is 0 Å². The average Bonchev–Trinajstić information content (AvgIpc) is 2.72. The molecule has 8 heteroatoms. The molecular formula is C9H6ClN3O3S. The number of ether oxygens (including phenoxy) is 1. The molecule has 0 aliphatic carbocycles. The highest BCUT2D eigenvalue weighted by atomic mass is 35.5. The summed E-state index contributed by atoms with van der Waals surface area (Å²) in [7, 11) is 0. The highest BCUT2D eigenvalue weighted by molar-refractivity contribution is 7.10. The summed E-state index contributed by atoms with van der Waals surface area (Å²) in [6, 6.07) is 6.17. The maximum Gasteiger partial charge on any atom is 0.269 e. The number of hydrogen-bond acceptors (Lipinski definition) is 6. The van der Waals surface area contributed by atoms with Gasteiger partial charge in [0, 0.05) is 23.7 Å². The fourth-order valence-electron chi connectivity index (χ4n) is 1.17. The molecule has 0 amide bonds. The first-order valence-electron chi connectivity index (χ1n) is 4.51. The summed E-state index contributed by atoms with van der Waals surface area (Å²) in [6.45, 7) is 0.160. The summed E-state index contributed by atoms with van der Waals surface area (Å²) in [4.78, 5) is 10.1. The lowest BCUT2D eigenvalue weighted by atomic mass is 10.2. The van der Waals surface area contributed by atoms with Crippen LogP contribution in [-0.4, -0.2) is 14.5 Å². The second kappa shape index (κ2) is 5.07. The maximum absolute atomic E-state index is 10.6. The zero-order chi connectivity index (χ0) is 12.3. The molecule has 0 saturated heterocycles. The van der Waals surface area contributed by atoms with Crippen molar-refractivity contribution in [2.24, 2.45) is 0 Å². The van der Waals surface area contributed by atoms with Crippen LogP contribution < -0.4 is 4.74 Å². The summed E-state index contributed by atoms with van der Waals surface area (Å²) in [5.74, 6) is 0.239. The largest absolute Gasteiger partial charge is 0.470 e. The topological polar surface area (TPSA) is 78.2 Å². The van der Waals surface area contributed by atoms with Crippen LogP contribution in [0.4, 0.5) is 5.69 Å². The number of rotatable bonds is 4. The Hall–Kier alpha value is -1.73. The lowest BCUT2D eigenvalue weighted by molar-refractivity contribution is -0.384. The number of nitro groups is 1. The number of aromatic nitrogens is 2. The van der Waals surface area contributed by atoms with Crippen molar-refractivity contribution in [1.82, 2.24) is 9.59 Å². The number of non-ortho nitro benzene ring substituents is 1. The Kier molecular flexibility index (Phi) is 3.50. The van der Waals surface area contributed by atoms with E-state index < -0.39 is 4.92 Å². The lowest BCUT2D eigenvalue weighted by Crippen LogP contribution is -1.97. The molecule has 17 heavy (non-hydrogen) atoms. The highest BCUT2D eigenvalue weighted by Crippen LogP contribution is 2.25. The molecule has 0 fully saturated rings. The molecule has 0 saturated carbocycles. The molecule has 6 nitrogen and oxygen atoms in total. The van der Waals surface area contributed by atoms with E-state index in [1.807, 2.05) is 0 Å². The molecule has 2 aromatic rings. The number of hydrogen-bond donors (Lipinski definition) is 0. The van der Waals surface area contributed by atoms with Gasteiger partial charge in [-0.1, -0.05) is 33.3 Å². The van der Waals surface area contributed by atoms with Crippen LogP contribution in [0.5, 0.6) is 5.88 Å². The van der Waals surface area contributed by atoms with E-state index in [9.17, 15) is 10.1 Å². The molecule has 1 aromatic heterocycles. The van der Waals surface area contributed by atoms with E-state index in [1.54, 1.807) is 12.1 Å². The fraction of sp³-hybridized carbons (Fsp3) is 0.111. The van der Waals surface area contributed by atoms with Gasteiger partial charge in [0.15, 0.2) is 4.34 Å². The highest BCUT2D eigenvalue weighted by Gasteiger charge is 2.09. The molecule has 0 spiro atoms. The van der Waals surface area contributed by atoms with Crippen LogP contribution in [0.25, 0.3) is 0 Å². The molecule has 0 aliphatic heterocycles. The third-order valence-electron chi connectivity index (χ3n) is 1.92. The molecular weight excluding hydrogens is 266 g/mol. The summed E-state index contributed by atoms with van der Waals surface area (Å²) in [5, 5.41) is 14.2. The first-order chi connectivity index (χ1) is 8.16. The maximum atomic E-state index is 10.6. The average molecular weight is 272 g/mol. The SMILES string of the molecule is O=[N+]([O-])c1cccc(COc2nnsc2Cl)c1. The summed E-state index contributed by atoms with van der Waals surface area (Å²) in [5.41, 5.74) is 0.692. The Labute approximate surface area is 105 Å². The molecule has 0 radical (unpaired) electrons. The van der Waals surface area contributed by atoms with Gasteiger partial charge in [0.05, 0.1) is 4.92 Å². The zero-order valence-electron chi connectivity index (χ0n) is 8.37. The smallest absolute Gasteiger partial charge is 0.269 e. The van der Waals surface area contributed by atoms with Crippen LogP contribution >= 0.6 is 23.1 Å². The number of nitrogens with zero attached hydrogens (tertiary/aromatic N) is 3. The second-order valence-electron chi connectivity index (χ2n) is 3.07. The van der Waals surface area contributed by atoms with Crippen LogP contribution in [-0.2, 0) is 6.61 Å². The Morgan fingerprint density at radius 2 is 2.35 bits per heavy atom. The van der Waals surface area contributed by atoms with Crippen molar-refractivity contribution in [2.45, 2.75) is 6.61 Å². The van der Waals surface area contributed by atoms with Crippen LogP contribution in [0.3, 0.4) is 0 Å². The summed E-state index contributed by atoms with van der Waals surface area (Å²) >= 11 is 6.77. The van der Waals surface area contributed by atoms with Crippen molar-refractivity contribution >= 4 is 28.8 Å².